The summed E-state index contributed by atoms with van der Waals surface area (Å²) in [6, 6.07) is 7.74. The second-order valence-corrected chi connectivity index (χ2v) is 10.9. The number of anilines is 1. The van der Waals surface area contributed by atoms with E-state index in [1.54, 1.807) is 24.3 Å². The Bertz CT molecular complexity index is 426. The van der Waals surface area contributed by atoms with Crippen LogP contribution in [0.1, 0.15) is 10.4 Å². The van der Waals surface area contributed by atoms with Crippen LogP contribution >= 0.6 is 0 Å². The van der Waals surface area contributed by atoms with Crippen molar-refractivity contribution in [3.8, 4) is 0 Å². The molecule has 5 heteroatoms. The Morgan fingerprint density at radius 3 is 2.61 bits per heavy atom. The number of benzene rings is 1. The number of carbonyl (C=O) groups excluding carboxylic acids is 2. The third-order valence-electron chi connectivity index (χ3n) is 2.41. The van der Waals surface area contributed by atoms with Gasteiger partial charge in [-0.1, -0.05) is 31.8 Å². The second-order valence-electron chi connectivity index (χ2n) is 5.28. The summed E-state index contributed by atoms with van der Waals surface area (Å²) in [6.07, 6.45) is 0.195. The molecule has 0 unspecified atom stereocenters. The molecule has 0 aliphatic carbocycles. The normalized spacial score (nSPS) is 10.8. The van der Waals surface area contributed by atoms with Crippen LogP contribution in [0.4, 0.5) is 10.5 Å². The zero-order valence-corrected chi connectivity index (χ0v) is 12.0. The smallest absolute Gasteiger partial charge is 0.411 e. The monoisotopic (exact) mass is 265 g/mol. The summed E-state index contributed by atoms with van der Waals surface area (Å²) in [5.41, 5.74) is 0.921. The maximum absolute atomic E-state index is 11.5. The molecule has 0 saturated carbocycles. The first-order chi connectivity index (χ1) is 8.42. The lowest BCUT2D eigenvalue weighted by atomic mass is 10.2. The zero-order chi connectivity index (χ0) is 13.6. The van der Waals surface area contributed by atoms with Crippen molar-refractivity contribution in [1.29, 1.82) is 0 Å². The lowest BCUT2D eigenvalue weighted by Gasteiger charge is -2.15. The molecule has 98 valence electrons. The minimum Gasteiger partial charge on any atom is -0.450 e. The van der Waals surface area contributed by atoms with Gasteiger partial charge in [0.15, 0.2) is 6.29 Å². The maximum atomic E-state index is 11.5. The van der Waals surface area contributed by atoms with Crippen molar-refractivity contribution in [1.82, 2.24) is 0 Å². The Kier molecular flexibility index (Phi) is 5.09. The van der Waals surface area contributed by atoms with E-state index in [0.717, 1.165) is 6.04 Å². The SMILES string of the molecule is C[Si](C)(C)CCOC(=O)Nc1ccccc1C=O. The van der Waals surface area contributed by atoms with Gasteiger partial charge in [0.05, 0.1) is 12.3 Å². The number of nitrogens with one attached hydrogen (secondary N) is 1. The van der Waals surface area contributed by atoms with E-state index in [0.29, 0.717) is 24.1 Å². The van der Waals surface area contributed by atoms with Crippen LogP contribution in [0, 0.1) is 0 Å². The molecule has 4 nitrogen and oxygen atoms in total. The summed E-state index contributed by atoms with van der Waals surface area (Å²) in [5.74, 6) is 0. The Morgan fingerprint density at radius 2 is 2.00 bits per heavy atom. The highest BCUT2D eigenvalue weighted by atomic mass is 28.3. The minimum atomic E-state index is -1.20. The third kappa shape index (κ3) is 5.14. The lowest BCUT2D eigenvalue weighted by molar-refractivity contribution is 0.112. The third-order valence-corrected chi connectivity index (χ3v) is 4.11. The molecule has 1 N–H and O–H groups in total. The molecular weight excluding hydrogens is 246 g/mol. The first-order valence-corrected chi connectivity index (χ1v) is 9.61. The van der Waals surface area contributed by atoms with Gasteiger partial charge in [-0.05, 0) is 18.2 Å². The summed E-state index contributed by atoms with van der Waals surface area (Å²) in [5, 5.41) is 2.57. The molecule has 0 spiro atoms. The molecular formula is C13H19NO3Si. The van der Waals surface area contributed by atoms with Crippen molar-refractivity contribution in [2.45, 2.75) is 25.7 Å². The van der Waals surface area contributed by atoms with Gasteiger partial charge in [0.1, 0.15) is 0 Å². The number of para-hydroxylation sites is 1. The van der Waals surface area contributed by atoms with Crippen molar-refractivity contribution < 1.29 is 14.3 Å². The molecule has 1 amide bonds. The molecule has 0 fully saturated rings. The molecule has 0 heterocycles. The fourth-order valence-electron chi connectivity index (χ4n) is 1.31. The Balaban J connectivity index is 2.47. The molecule has 18 heavy (non-hydrogen) atoms. The van der Waals surface area contributed by atoms with E-state index in [-0.39, 0.29) is 0 Å². The van der Waals surface area contributed by atoms with E-state index >= 15 is 0 Å². The number of hydrogen-bond donors (Lipinski definition) is 1. The fraction of sp³-hybridized carbons (Fsp3) is 0.385. The first-order valence-electron chi connectivity index (χ1n) is 5.90. The van der Waals surface area contributed by atoms with Gasteiger partial charge < -0.3 is 4.74 Å². The van der Waals surface area contributed by atoms with Crippen LogP contribution in [-0.4, -0.2) is 27.1 Å². The zero-order valence-electron chi connectivity index (χ0n) is 11.0. The number of amides is 1. The van der Waals surface area contributed by atoms with E-state index in [9.17, 15) is 9.59 Å². The molecule has 1 rings (SSSR count). The second kappa shape index (κ2) is 6.35. The quantitative estimate of drug-likeness (QED) is 0.656. The molecule has 0 atom stereocenters. The maximum Gasteiger partial charge on any atom is 0.411 e. The molecule has 0 aliphatic heterocycles. The van der Waals surface area contributed by atoms with Crippen molar-refractivity contribution in [3.63, 3.8) is 0 Å². The molecule has 0 saturated heterocycles. The van der Waals surface area contributed by atoms with Crippen LogP contribution in [-0.2, 0) is 4.74 Å². The summed E-state index contributed by atoms with van der Waals surface area (Å²) in [7, 11) is -1.20. The van der Waals surface area contributed by atoms with E-state index in [1.807, 2.05) is 0 Å². The average molecular weight is 265 g/mol. The Morgan fingerprint density at radius 1 is 1.33 bits per heavy atom. The largest absolute Gasteiger partial charge is 0.450 e. The van der Waals surface area contributed by atoms with Crippen molar-refractivity contribution in [2.24, 2.45) is 0 Å². The van der Waals surface area contributed by atoms with Gasteiger partial charge >= 0.3 is 6.09 Å². The van der Waals surface area contributed by atoms with Gasteiger partial charge in [-0.15, -0.1) is 0 Å². The van der Waals surface area contributed by atoms with Crippen LogP contribution in [0.5, 0.6) is 0 Å². The molecule has 1 aromatic carbocycles. The highest BCUT2D eigenvalue weighted by molar-refractivity contribution is 6.76. The van der Waals surface area contributed by atoms with E-state index in [4.69, 9.17) is 4.74 Å². The van der Waals surface area contributed by atoms with Gasteiger partial charge in [0, 0.05) is 13.6 Å². The van der Waals surface area contributed by atoms with Gasteiger partial charge in [-0.3, -0.25) is 10.1 Å². The number of hydrogen-bond acceptors (Lipinski definition) is 3. The van der Waals surface area contributed by atoms with Crippen molar-refractivity contribution in [3.05, 3.63) is 29.8 Å². The van der Waals surface area contributed by atoms with Gasteiger partial charge in [0.25, 0.3) is 0 Å². The summed E-state index contributed by atoms with van der Waals surface area (Å²) >= 11 is 0. The predicted octanol–water partition coefficient (Wildman–Crippen LogP) is 3.39. The van der Waals surface area contributed by atoms with Crippen LogP contribution in [0.3, 0.4) is 0 Å². The molecule has 1 aromatic rings. The fourth-order valence-corrected chi connectivity index (χ4v) is 2.02. The van der Waals surface area contributed by atoms with Gasteiger partial charge in [0.2, 0.25) is 0 Å². The topological polar surface area (TPSA) is 55.4 Å². The van der Waals surface area contributed by atoms with Crippen LogP contribution in [0.15, 0.2) is 24.3 Å². The van der Waals surface area contributed by atoms with E-state index in [1.165, 1.54) is 0 Å². The molecule has 0 aromatic heterocycles. The number of carbonyl (C=O) groups is 2. The van der Waals surface area contributed by atoms with Crippen LogP contribution < -0.4 is 5.32 Å². The van der Waals surface area contributed by atoms with Crippen LogP contribution in [0.25, 0.3) is 0 Å². The van der Waals surface area contributed by atoms with E-state index < -0.39 is 14.2 Å². The number of rotatable bonds is 5. The standard InChI is InChI=1S/C13H19NO3Si/c1-18(2,3)9-8-17-13(16)14-12-7-5-4-6-11(12)10-15/h4-7,10H,8-9H2,1-3H3,(H,14,16). The number of aldehydes is 1. The first kappa shape index (κ1) is 14.4. The van der Waals surface area contributed by atoms with Gasteiger partial charge in [-0.2, -0.15) is 0 Å². The highest BCUT2D eigenvalue weighted by Gasteiger charge is 2.14. The van der Waals surface area contributed by atoms with Crippen molar-refractivity contribution >= 4 is 26.1 Å². The Labute approximate surface area is 108 Å². The predicted molar refractivity (Wildman–Crippen MR) is 75.0 cm³/mol. The highest BCUT2D eigenvalue weighted by Crippen LogP contribution is 2.13. The average Bonchev–Trinajstić information content (AvgIpc) is 2.28. The van der Waals surface area contributed by atoms with Crippen LogP contribution in [0.2, 0.25) is 25.7 Å². The summed E-state index contributed by atoms with van der Waals surface area (Å²) in [6.45, 7) is 7.08. The van der Waals surface area contributed by atoms with Crippen molar-refractivity contribution in [2.75, 3.05) is 11.9 Å². The molecule has 0 aliphatic rings. The minimum absolute atomic E-state index is 0.421. The van der Waals surface area contributed by atoms with E-state index in [2.05, 4.69) is 25.0 Å². The molecule has 0 radical (unpaired) electrons. The lowest BCUT2D eigenvalue weighted by Crippen LogP contribution is -2.24. The summed E-state index contributed by atoms with van der Waals surface area (Å²) < 4.78 is 5.09. The number of ether oxygens (including phenoxy) is 1. The molecule has 0 bridgehead atoms. The Hall–Kier alpha value is -1.62. The summed E-state index contributed by atoms with van der Waals surface area (Å²) in [4.78, 5) is 22.3. The van der Waals surface area contributed by atoms with Gasteiger partial charge in [-0.25, -0.2) is 4.79 Å².